The van der Waals surface area contributed by atoms with Gasteiger partial charge < -0.3 is 9.84 Å². The van der Waals surface area contributed by atoms with Gasteiger partial charge in [0, 0.05) is 17.4 Å². The molecule has 154 valence electrons. The predicted octanol–water partition coefficient (Wildman–Crippen LogP) is 4.05. The molecule has 0 spiro atoms. The minimum absolute atomic E-state index is 0.243. The van der Waals surface area contributed by atoms with Crippen molar-refractivity contribution in [3.8, 4) is 11.4 Å². The molecule has 8 nitrogen and oxygen atoms in total. The molecule has 30 heavy (non-hydrogen) atoms. The molecule has 1 aromatic carbocycles. The third-order valence-corrected chi connectivity index (χ3v) is 5.43. The van der Waals surface area contributed by atoms with Gasteiger partial charge >= 0.3 is 0 Å². The zero-order valence-electron chi connectivity index (χ0n) is 17.1. The SMILES string of the molecule is CSNC(C)(C)c1nc(-c2ccc(C)c(NC(=O)c3cnc4ccccn34)c2)no1. The third-order valence-electron chi connectivity index (χ3n) is 4.71. The molecule has 0 fully saturated rings. The van der Waals surface area contributed by atoms with Crippen LogP contribution in [0, 0.1) is 6.92 Å². The molecule has 1 amide bonds. The summed E-state index contributed by atoms with van der Waals surface area (Å²) in [5, 5.41) is 7.08. The maximum absolute atomic E-state index is 12.9. The van der Waals surface area contributed by atoms with Crippen LogP contribution in [0.25, 0.3) is 17.0 Å². The van der Waals surface area contributed by atoms with Crippen LogP contribution >= 0.6 is 11.9 Å². The number of rotatable bonds is 6. The number of fused-ring (bicyclic) bond motifs is 1. The molecule has 3 heterocycles. The number of imidazole rings is 1. The number of carbonyl (C=O) groups excluding carboxylic acids is 1. The van der Waals surface area contributed by atoms with Gasteiger partial charge in [-0.3, -0.25) is 9.20 Å². The Morgan fingerprint density at radius 3 is 2.87 bits per heavy atom. The highest BCUT2D eigenvalue weighted by Crippen LogP contribution is 2.27. The third kappa shape index (κ3) is 3.81. The molecule has 0 unspecified atom stereocenters. The van der Waals surface area contributed by atoms with Crippen molar-refractivity contribution in [2.45, 2.75) is 26.3 Å². The highest BCUT2D eigenvalue weighted by Gasteiger charge is 2.27. The van der Waals surface area contributed by atoms with E-state index in [9.17, 15) is 4.79 Å². The number of pyridine rings is 1. The quantitative estimate of drug-likeness (QED) is 0.453. The Labute approximate surface area is 178 Å². The normalized spacial score (nSPS) is 11.7. The molecule has 2 N–H and O–H groups in total. The van der Waals surface area contributed by atoms with Crippen molar-refractivity contribution in [3.63, 3.8) is 0 Å². The molecule has 0 aliphatic heterocycles. The van der Waals surface area contributed by atoms with Crippen LogP contribution in [0.15, 0.2) is 53.3 Å². The van der Waals surface area contributed by atoms with Gasteiger partial charge in [-0.1, -0.05) is 35.3 Å². The summed E-state index contributed by atoms with van der Waals surface area (Å²) in [4.78, 5) is 21.7. The molecule has 0 bridgehead atoms. The lowest BCUT2D eigenvalue weighted by Gasteiger charge is -2.19. The number of aromatic nitrogens is 4. The number of nitrogens with one attached hydrogen (secondary N) is 2. The van der Waals surface area contributed by atoms with Gasteiger partial charge in [0.15, 0.2) is 0 Å². The Bertz CT molecular complexity index is 1210. The summed E-state index contributed by atoms with van der Waals surface area (Å²) in [7, 11) is 0. The van der Waals surface area contributed by atoms with Crippen LogP contribution in [-0.4, -0.2) is 31.7 Å². The van der Waals surface area contributed by atoms with Gasteiger partial charge in [-0.2, -0.15) is 4.98 Å². The van der Waals surface area contributed by atoms with Crippen molar-refractivity contribution in [3.05, 3.63) is 65.9 Å². The number of nitrogens with zero attached hydrogens (tertiary/aromatic N) is 4. The molecule has 0 saturated heterocycles. The molecule has 0 aliphatic rings. The van der Waals surface area contributed by atoms with E-state index in [0.29, 0.717) is 28.7 Å². The van der Waals surface area contributed by atoms with Crippen LogP contribution in [0.5, 0.6) is 0 Å². The van der Waals surface area contributed by atoms with Crippen LogP contribution in [0.2, 0.25) is 0 Å². The fourth-order valence-corrected chi connectivity index (χ4v) is 3.67. The largest absolute Gasteiger partial charge is 0.337 e. The minimum Gasteiger partial charge on any atom is -0.337 e. The number of aryl methyl sites for hydroxylation is 1. The fraction of sp³-hybridized carbons (Fsp3) is 0.238. The lowest BCUT2D eigenvalue weighted by molar-refractivity contribution is 0.102. The second-order valence-electron chi connectivity index (χ2n) is 7.41. The maximum Gasteiger partial charge on any atom is 0.274 e. The van der Waals surface area contributed by atoms with Crippen LogP contribution < -0.4 is 10.0 Å². The number of benzene rings is 1. The second kappa shape index (κ2) is 7.92. The minimum atomic E-state index is -0.463. The van der Waals surface area contributed by atoms with E-state index in [0.717, 1.165) is 11.1 Å². The van der Waals surface area contributed by atoms with E-state index < -0.39 is 5.54 Å². The first-order valence-electron chi connectivity index (χ1n) is 9.38. The molecule has 4 rings (SSSR count). The second-order valence-corrected chi connectivity index (χ2v) is 8.02. The van der Waals surface area contributed by atoms with Gasteiger partial charge in [-0.05, 0) is 50.8 Å². The van der Waals surface area contributed by atoms with E-state index in [1.807, 2.05) is 69.6 Å². The number of anilines is 1. The van der Waals surface area contributed by atoms with E-state index in [4.69, 9.17) is 4.52 Å². The first-order valence-corrected chi connectivity index (χ1v) is 10.6. The van der Waals surface area contributed by atoms with Crippen molar-refractivity contribution in [2.24, 2.45) is 0 Å². The number of carbonyl (C=O) groups is 1. The lowest BCUT2D eigenvalue weighted by Crippen LogP contribution is -2.31. The first kappa shape index (κ1) is 20.1. The number of hydrogen-bond acceptors (Lipinski definition) is 7. The summed E-state index contributed by atoms with van der Waals surface area (Å²) in [5.74, 6) is 0.711. The molecular weight excluding hydrogens is 400 g/mol. The Kier molecular flexibility index (Phi) is 5.31. The number of hydrogen-bond donors (Lipinski definition) is 2. The van der Waals surface area contributed by atoms with Crippen molar-refractivity contribution in [1.82, 2.24) is 24.2 Å². The van der Waals surface area contributed by atoms with Gasteiger partial charge in [0.2, 0.25) is 11.7 Å². The number of amides is 1. The van der Waals surface area contributed by atoms with Gasteiger partial charge in [-0.25, -0.2) is 9.71 Å². The van der Waals surface area contributed by atoms with Crippen LogP contribution in [0.3, 0.4) is 0 Å². The molecule has 9 heteroatoms. The smallest absolute Gasteiger partial charge is 0.274 e. The molecular formula is C21H22N6O2S. The van der Waals surface area contributed by atoms with Crippen LogP contribution in [0.1, 0.15) is 35.8 Å². The highest BCUT2D eigenvalue weighted by molar-refractivity contribution is 7.96. The summed E-state index contributed by atoms with van der Waals surface area (Å²) in [6.07, 6.45) is 5.32. The summed E-state index contributed by atoms with van der Waals surface area (Å²) in [5.41, 5.74) is 3.07. The van der Waals surface area contributed by atoms with Crippen molar-refractivity contribution >= 4 is 29.2 Å². The van der Waals surface area contributed by atoms with E-state index in [1.54, 1.807) is 10.6 Å². The van der Waals surface area contributed by atoms with Gasteiger partial charge in [0.05, 0.1) is 6.20 Å². The zero-order valence-corrected chi connectivity index (χ0v) is 17.9. The average molecular weight is 423 g/mol. The Balaban J connectivity index is 1.61. The Morgan fingerprint density at radius 2 is 2.07 bits per heavy atom. The molecule has 0 radical (unpaired) electrons. The summed E-state index contributed by atoms with van der Waals surface area (Å²) in [6, 6.07) is 11.3. The average Bonchev–Trinajstić information content (AvgIpc) is 3.37. The van der Waals surface area contributed by atoms with E-state index in [1.165, 1.54) is 11.9 Å². The van der Waals surface area contributed by atoms with Gasteiger partial charge in [0.1, 0.15) is 16.9 Å². The molecule has 4 aromatic rings. The van der Waals surface area contributed by atoms with E-state index in [-0.39, 0.29) is 5.91 Å². The van der Waals surface area contributed by atoms with Crippen molar-refractivity contribution in [2.75, 3.05) is 11.6 Å². The summed E-state index contributed by atoms with van der Waals surface area (Å²) in [6.45, 7) is 5.87. The maximum atomic E-state index is 12.9. The molecule has 0 saturated carbocycles. The van der Waals surface area contributed by atoms with Crippen LogP contribution in [-0.2, 0) is 5.54 Å². The van der Waals surface area contributed by atoms with Gasteiger partial charge in [-0.15, -0.1) is 0 Å². The van der Waals surface area contributed by atoms with E-state index >= 15 is 0 Å². The summed E-state index contributed by atoms with van der Waals surface area (Å²) < 4.78 is 10.4. The standard InChI is InChI=1S/C21H22N6O2S/c1-13-8-9-14(18-24-20(29-25-18)21(2,3)26-30-4)11-15(13)23-19(28)16-12-22-17-7-5-6-10-27(16)17/h5-12,26H,1-4H3,(H,23,28). The topological polar surface area (TPSA) is 97.3 Å². The summed E-state index contributed by atoms with van der Waals surface area (Å²) >= 11 is 1.49. The Morgan fingerprint density at radius 1 is 1.23 bits per heavy atom. The van der Waals surface area contributed by atoms with Gasteiger partial charge in [0.25, 0.3) is 5.91 Å². The van der Waals surface area contributed by atoms with E-state index in [2.05, 4.69) is 25.2 Å². The first-order chi connectivity index (χ1) is 14.4. The molecule has 3 aromatic heterocycles. The lowest BCUT2D eigenvalue weighted by atomic mass is 10.1. The molecule has 0 atom stereocenters. The predicted molar refractivity (Wildman–Crippen MR) is 117 cm³/mol. The van der Waals surface area contributed by atoms with Crippen LogP contribution in [0.4, 0.5) is 5.69 Å². The highest BCUT2D eigenvalue weighted by atomic mass is 32.2. The van der Waals surface area contributed by atoms with Crippen molar-refractivity contribution in [1.29, 1.82) is 0 Å². The Hall–Kier alpha value is -3.17. The van der Waals surface area contributed by atoms with Crippen molar-refractivity contribution < 1.29 is 9.32 Å². The zero-order chi connectivity index (χ0) is 21.3. The fourth-order valence-electron chi connectivity index (χ4n) is 3.08. The monoisotopic (exact) mass is 422 g/mol. The molecule has 0 aliphatic carbocycles.